The smallest absolute Gasteiger partial charge is 0.284 e. The van der Waals surface area contributed by atoms with E-state index in [1.165, 1.54) is 6.26 Å². The zero-order valence-corrected chi connectivity index (χ0v) is 16.4. The Morgan fingerprint density at radius 2 is 1.96 bits per heavy atom. The summed E-state index contributed by atoms with van der Waals surface area (Å²) in [7, 11) is 0. The van der Waals surface area contributed by atoms with Crippen molar-refractivity contribution in [1.29, 1.82) is 0 Å². The maximum Gasteiger partial charge on any atom is 0.284 e. The summed E-state index contributed by atoms with van der Waals surface area (Å²) in [5.74, 6) is 0.518. The first-order valence-electron chi connectivity index (χ1n) is 8.80. The lowest BCUT2D eigenvalue weighted by molar-refractivity contribution is -0.113. The van der Waals surface area contributed by atoms with Gasteiger partial charge in [-0.05, 0) is 44.2 Å². The molecule has 0 spiro atoms. The first-order chi connectivity index (χ1) is 13.6. The number of anilines is 1. The summed E-state index contributed by atoms with van der Waals surface area (Å²) in [5, 5.41) is 10.8. The topological polar surface area (TPSA) is 101 Å². The SMILES string of the molecule is CCN(CC)C(=O)c1cccc(NC(=O)CSc2nnc(-c3ccco3)o2)c1. The first-order valence-corrected chi connectivity index (χ1v) is 9.78. The minimum absolute atomic E-state index is 0.0632. The van der Waals surface area contributed by atoms with Gasteiger partial charge in [0.1, 0.15) is 0 Å². The molecule has 2 amide bonds. The number of hydrogen-bond donors (Lipinski definition) is 1. The zero-order valence-electron chi connectivity index (χ0n) is 15.5. The molecule has 0 saturated carbocycles. The molecule has 146 valence electrons. The predicted molar refractivity (Wildman–Crippen MR) is 105 cm³/mol. The second-order valence-corrected chi connectivity index (χ2v) is 6.67. The molecule has 0 aliphatic heterocycles. The van der Waals surface area contributed by atoms with E-state index in [0.717, 1.165) is 11.8 Å². The standard InChI is InChI=1S/C19H20N4O4S/c1-3-23(4-2)18(25)13-7-5-8-14(11-13)20-16(24)12-28-19-22-21-17(27-19)15-9-6-10-26-15/h5-11H,3-4,12H2,1-2H3,(H,20,24). The molecular formula is C19H20N4O4S. The maximum absolute atomic E-state index is 12.4. The van der Waals surface area contributed by atoms with E-state index < -0.39 is 0 Å². The number of thioether (sulfide) groups is 1. The summed E-state index contributed by atoms with van der Waals surface area (Å²) in [4.78, 5) is 26.4. The van der Waals surface area contributed by atoms with E-state index >= 15 is 0 Å². The maximum atomic E-state index is 12.4. The van der Waals surface area contributed by atoms with Gasteiger partial charge < -0.3 is 19.1 Å². The minimum atomic E-state index is -0.241. The van der Waals surface area contributed by atoms with Crippen molar-refractivity contribution in [2.75, 3.05) is 24.2 Å². The molecule has 0 bridgehead atoms. The highest BCUT2D eigenvalue weighted by atomic mass is 32.2. The lowest BCUT2D eigenvalue weighted by Crippen LogP contribution is -2.30. The van der Waals surface area contributed by atoms with Crippen molar-refractivity contribution in [3.63, 3.8) is 0 Å². The summed E-state index contributed by atoms with van der Waals surface area (Å²) in [6, 6.07) is 10.3. The lowest BCUT2D eigenvalue weighted by atomic mass is 10.1. The Bertz CT molecular complexity index is 935. The average molecular weight is 400 g/mol. The van der Waals surface area contributed by atoms with E-state index in [-0.39, 0.29) is 28.7 Å². The van der Waals surface area contributed by atoms with E-state index in [0.29, 0.717) is 30.1 Å². The van der Waals surface area contributed by atoms with Crippen molar-refractivity contribution in [3.05, 3.63) is 48.2 Å². The molecule has 2 heterocycles. The number of carbonyl (C=O) groups excluding carboxylic acids is 2. The fourth-order valence-corrected chi connectivity index (χ4v) is 3.08. The van der Waals surface area contributed by atoms with Gasteiger partial charge in [-0.1, -0.05) is 17.8 Å². The van der Waals surface area contributed by atoms with Crippen LogP contribution in [-0.4, -0.2) is 45.8 Å². The fourth-order valence-electron chi connectivity index (χ4n) is 2.52. The molecule has 0 aliphatic rings. The molecule has 8 nitrogen and oxygen atoms in total. The van der Waals surface area contributed by atoms with Gasteiger partial charge in [0.05, 0.1) is 12.0 Å². The number of furan rings is 1. The third-order valence-electron chi connectivity index (χ3n) is 3.91. The number of rotatable bonds is 8. The summed E-state index contributed by atoms with van der Waals surface area (Å²) < 4.78 is 10.6. The second-order valence-electron chi connectivity index (χ2n) is 5.75. The van der Waals surface area contributed by atoms with Gasteiger partial charge in [-0.25, -0.2) is 0 Å². The van der Waals surface area contributed by atoms with Crippen LogP contribution in [0, 0.1) is 0 Å². The number of benzene rings is 1. The van der Waals surface area contributed by atoms with E-state index in [1.54, 1.807) is 41.3 Å². The van der Waals surface area contributed by atoms with E-state index in [9.17, 15) is 9.59 Å². The number of hydrogen-bond acceptors (Lipinski definition) is 7. The van der Waals surface area contributed by atoms with Crippen LogP contribution in [0.4, 0.5) is 5.69 Å². The van der Waals surface area contributed by atoms with Crippen molar-refractivity contribution in [3.8, 4) is 11.7 Å². The van der Waals surface area contributed by atoms with Gasteiger partial charge in [0.15, 0.2) is 5.76 Å². The quantitative estimate of drug-likeness (QED) is 0.577. The molecule has 0 radical (unpaired) electrons. The van der Waals surface area contributed by atoms with Gasteiger partial charge in [0, 0.05) is 24.3 Å². The highest BCUT2D eigenvalue weighted by molar-refractivity contribution is 7.99. The molecule has 0 unspecified atom stereocenters. The van der Waals surface area contributed by atoms with Crippen LogP contribution in [0.25, 0.3) is 11.7 Å². The first kappa shape index (κ1) is 19.7. The monoisotopic (exact) mass is 400 g/mol. The Kier molecular flexibility index (Phi) is 6.49. The van der Waals surface area contributed by atoms with Crippen molar-refractivity contribution < 1.29 is 18.4 Å². The summed E-state index contributed by atoms with van der Waals surface area (Å²) in [6.45, 7) is 5.12. The molecule has 3 aromatic rings. The van der Waals surface area contributed by atoms with Crippen LogP contribution < -0.4 is 5.32 Å². The molecule has 1 N–H and O–H groups in total. The number of nitrogens with one attached hydrogen (secondary N) is 1. The van der Waals surface area contributed by atoms with Crippen molar-refractivity contribution >= 4 is 29.3 Å². The van der Waals surface area contributed by atoms with Crippen molar-refractivity contribution in [2.45, 2.75) is 19.1 Å². The fraction of sp³-hybridized carbons (Fsp3) is 0.263. The van der Waals surface area contributed by atoms with Gasteiger partial charge >= 0.3 is 0 Å². The minimum Gasteiger partial charge on any atom is -0.459 e. The van der Waals surface area contributed by atoms with Crippen molar-refractivity contribution in [2.24, 2.45) is 0 Å². The summed E-state index contributed by atoms with van der Waals surface area (Å²) >= 11 is 1.12. The predicted octanol–water partition coefficient (Wildman–Crippen LogP) is 3.54. The van der Waals surface area contributed by atoms with E-state index in [2.05, 4.69) is 15.5 Å². The van der Waals surface area contributed by atoms with Gasteiger partial charge in [-0.3, -0.25) is 9.59 Å². The lowest BCUT2D eigenvalue weighted by Gasteiger charge is -2.19. The molecule has 1 aromatic carbocycles. The highest BCUT2D eigenvalue weighted by Gasteiger charge is 2.15. The average Bonchev–Trinajstić information content (AvgIpc) is 3.39. The molecule has 0 aliphatic carbocycles. The number of nitrogens with zero attached hydrogens (tertiary/aromatic N) is 3. The van der Waals surface area contributed by atoms with Gasteiger partial charge in [-0.2, -0.15) is 0 Å². The molecule has 0 atom stereocenters. The van der Waals surface area contributed by atoms with E-state index in [4.69, 9.17) is 8.83 Å². The Labute approximate surface area is 166 Å². The highest BCUT2D eigenvalue weighted by Crippen LogP contribution is 2.23. The number of amides is 2. The second kappa shape index (κ2) is 9.23. The van der Waals surface area contributed by atoms with Gasteiger partial charge in [0.2, 0.25) is 5.91 Å². The largest absolute Gasteiger partial charge is 0.459 e. The Morgan fingerprint density at radius 1 is 1.14 bits per heavy atom. The van der Waals surface area contributed by atoms with Crippen LogP contribution in [0.5, 0.6) is 0 Å². The molecule has 3 rings (SSSR count). The van der Waals surface area contributed by atoms with Crippen molar-refractivity contribution in [1.82, 2.24) is 15.1 Å². The molecule has 9 heteroatoms. The summed E-state index contributed by atoms with van der Waals surface area (Å²) in [6.07, 6.45) is 1.51. The normalized spacial score (nSPS) is 10.6. The summed E-state index contributed by atoms with van der Waals surface area (Å²) in [5.41, 5.74) is 1.10. The third-order valence-corrected chi connectivity index (χ3v) is 4.73. The molecule has 2 aromatic heterocycles. The van der Waals surface area contributed by atoms with Crippen LogP contribution in [0.3, 0.4) is 0 Å². The van der Waals surface area contributed by atoms with Crippen LogP contribution in [-0.2, 0) is 4.79 Å². The van der Waals surface area contributed by atoms with Crippen LogP contribution in [0.1, 0.15) is 24.2 Å². The Balaban J connectivity index is 1.56. The van der Waals surface area contributed by atoms with Gasteiger partial charge in [-0.15, -0.1) is 10.2 Å². The van der Waals surface area contributed by atoms with Crippen LogP contribution in [0.2, 0.25) is 0 Å². The number of aromatic nitrogens is 2. The Hall–Kier alpha value is -3.07. The van der Waals surface area contributed by atoms with E-state index in [1.807, 2.05) is 13.8 Å². The molecule has 0 fully saturated rings. The number of carbonyl (C=O) groups is 2. The van der Waals surface area contributed by atoms with Gasteiger partial charge in [0.25, 0.3) is 17.0 Å². The zero-order chi connectivity index (χ0) is 19.9. The molecule has 28 heavy (non-hydrogen) atoms. The van der Waals surface area contributed by atoms with Crippen LogP contribution >= 0.6 is 11.8 Å². The molecular weight excluding hydrogens is 380 g/mol. The van der Waals surface area contributed by atoms with Crippen LogP contribution in [0.15, 0.2) is 56.7 Å². The third kappa shape index (κ3) is 4.80. The molecule has 0 saturated heterocycles. The Morgan fingerprint density at radius 3 is 2.68 bits per heavy atom.